The average Bonchev–Trinajstić information content (AvgIpc) is 2.74. The number of carbonyl (C=O) groups excluding carboxylic acids is 2. The molecule has 1 unspecified atom stereocenters. The molecule has 2 aliphatic heterocycles. The summed E-state index contributed by atoms with van der Waals surface area (Å²) in [7, 11) is 1.76. The summed E-state index contributed by atoms with van der Waals surface area (Å²) in [5.41, 5.74) is 3.76. The van der Waals surface area contributed by atoms with E-state index in [1.165, 1.54) is 11.1 Å². The van der Waals surface area contributed by atoms with Crippen molar-refractivity contribution in [3.05, 3.63) is 59.3 Å². The molecular weight excluding hydrogens is 352 g/mol. The zero-order valence-electron chi connectivity index (χ0n) is 16.2. The third kappa shape index (κ3) is 3.86. The Morgan fingerprint density at radius 1 is 1.18 bits per heavy atom. The Balaban J connectivity index is 1.43. The van der Waals surface area contributed by atoms with Crippen molar-refractivity contribution in [3.8, 4) is 0 Å². The minimum atomic E-state index is -0.135. The van der Waals surface area contributed by atoms with Gasteiger partial charge in [0, 0.05) is 51.4 Å². The number of piperidine rings is 1. The standard InChI is InChI=1S/C22H26N4O2/c1-25-14-19(8-9-20(25)27)22(28)24-13-17-7-4-11-23-21(17)26-12-10-16-5-2-3-6-18(16)15-26/h2-7,11,19H,8-10,12-15H2,1H3,(H,24,28). The maximum absolute atomic E-state index is 12.6. The fourth-order valence-electron chi connectivity index (χ4n) is 4.08. The molecule has 0 bridgehead atoms. The Morgan fingerprint density at radius 3 is 2.82 bits per heavy atom. The summed E-state index contributed by atoms with van der Waals surface area (Å²) in [6.07, 6.45) is 3.88. The van der Waals surface area contributed by atoms with Crippen LogP contribution in [0.2, 0.25) is 0 Å². The summed E-state index contributed by atoms with van der Waals surface area (Å²) < 4.78 is 0. The molecule has 2 aromatic rings. The van der Waals surface area contributed by atoms with Crippen molar-refractivity contribution >= 4 is 17.6 Å². The van der Waals surface area contributed by atoms with Gasteiger partial charge in [0.25, 0.3) is 0 Å². The van der Waals surface area contributed by atoms with Gasteiger partial charge in [0.1, 0.15) is 5.82 Å². The number of rotatable bonds is 4. The first-order valence-corrected chi connectivity index (χ1v) is 9.89. The summed E-state index contributed by atoms with van der Waals surface area (Å²) in [5, 5.41) is 3.06. The summed E-state index contributed by atoms with van der Waals surface area (Å²) in [5.74, 6) is 0.931. The molecule has 1 aromatic carbocycles. The Morgan fingerprint density at radius 2 is 2.00 bits per heavy atom. The molecule has 0 aliphatic carbocycles. The second kappa shape index (κ2) is 8.00. The lowest BCUT2D eigenvalue weighted by Crippen LogP contribution is -2.43. The van der Waals surface area contributed by atoms with Gasteiger partial charge in [-0.3, -0.25) is 9.59 Å². The van der Waals surface area contributed by atoms with E-state index in [0.29, 0.717) is 25.9 Å². The van der Waals surface area contributed by atoms with Gasteiger partial charge < -0.3 is 15.1 Å². The third-order valence-corrected chi connectivity index (χ3v) is 5.75. The Kier molecular flexibility index (Phi) is 5.28. The Bertz CT molecular complexity index is 882. The highest BCUT2D eigenvalue weighted by molar-refractivity contribution is 5.83. The van der Waals surface area contributed by atoms with Crippen LogP contribution < -0.4 is 10.2 Å². The topological polar surface area (TPSA) is 65.5 Å². The normalized spacial score (nSPS) is 19.3. The first-order chi connectivity index (χ1) is 13.6. The molecular formula is C22H26N4O2. The number of fused-ring (bicyclic) bond motifs is 1. The molecule has 2 aliphatic rings. The highest BCUT2D eigenvalue weighted by Crippen LogP contribution is 2.25. The average molecular weight is 378 g/mol. The van der Waals surface area contributed by atoms with Crippen LogP contribution in [-0.4, -0.2) is 41.8 Å². The second-order valence-corrected chi connectivity index (χ2v) is 7.65. The Hall–Kier alpha value is -2.89. The zero-order chi connectivity index (χ0) is 19.5. The number of benzene rings is 1. The molecule has 0 radical (unpaired) electrons. The van der Waals surface area contributed by atoms with E-state index in [1.807, 2.05) is 18.3 Å². The van der Waals surface area contributed by atoms with Gasteiger partial charge >= 0.3 is 0 Å². The van der Waals surface area contributed by atoms with Crippen LogP contribution in [0.15, 0.2) is 42.6 Å². The minimum Gasteiger partial charge on any atom is -0.352 e. The van der Waals surface area contributed by atoms with Crippen molar-refractivity contribution in [2.24, 2.45) is 5.92 Å². The van der Waals surface area contributed by atoms with Gasteiger partial charge in [0.2, 0.25) is 11.8 Å². The van der Waals surface area contributed by atoms with E-state index in [1.54, 1.807) is 11.9 Å². The lowest BCUT2D eigenvalue weighted by atomic mass is 9.97. The number of carbonyl (C=O) groups is 2. The molecule has 1 aromatic heterocycles. The number of anilines is 1. The fraction of sp³-hybridized carbons (Fsp3) is 0.409. The largest absolute Gasteiger partial charge is 0.352 e. The number of nitrogens with one attached hydrogen (secondary N) is 1. The summed E-state index contributed by atoms with van der Waals surface area (Å²) in [4.78, 5) is 32.8. The SMILES string of the molecule is CN1CC(C(=O)NCc2cccnc2N2CCc3ccccc3C2)CCC1=O. The quantitative estimate of drug-likeness (QED) is 0.885. The van der Waals surface area contributed by atoms with E-state index in [-0.39, 0.29) is 17.7 Å². The predicted molar refractivity (Wildman–Crippen MR) is 108 cm³/mol. The van der Waals surface area contributed by atoms with E-state index in [0.717, 1.165) is 30.9 Å². The fourth-order valence-corrected chi connectivity index (χ4v) is 4.08. The molecule has 3 heterocycles. The molecule has 28 heavy (non-hydrogen) atoms. The molecule has 146 valence electrons. The second-order valence-electron chi connectivity index (χ2n) is 7.65. The third-order valence-electron chi connectivity index (χ3n) is 5.75. The maximum atomic E-state index is 12.6. The molecule has 1 saturated heterocycles. The van der Waals surface area contributed by atoms with Crippen LogP contribution in [0, 0.1) is 5.92 Å². The highest BCUT2D eigenvalue weighted by Gasteiger charge is 2.28. The van der Waals surface area contributed by atoms with E-state index in [9.17, 15) is 9.59 Å². The molecule has 6 nitrogen and oxygen atoms in total. The number of nitrogens with zero attached hydrogens (tertiary/aromatic N) is 3. The lowest BCUT2D eigenvalue weighted by Gasteiger charge is -2.31. The van der Waals surface area contributed by atoms with Crippen LogP contribution in [0.3, 0.4) is 0 Å². The first-order valence-electron chi connectivity index (χ1n) is 9.89. The molecule has 1 atom stereocenters. The van der Waals surface area contributed by atoms with Crippen LogP contribution in [0.1, 0.15) is 29.5 Å². The summed E-state index contributed by atoms with van der Waals surface area (Å²) in [6.45, 7) is 2.70. The molecule has 0 spiro atoms. The van der Waals surface area contributed by atoms with E-state index in [4.69, 9.17) is 0 Å². The number of pyridine rings is 1. The maximum Gasteiger partial charge on any atom is 0.225 e. The summed E-state index contributed by atoms with van der Waals surface area (Å²) in [6, 6.07) is 12.5. The molecule has 4 rings (SSSR count). The molecule has 1 fully saturated rings. The van der Waals surface area contributed by atoms with Gasteiger partial charge in [-0.2, -0.15) is 0 Å². The number of amides is 2. The molecule has 6 heteroatoms. The van der Waals surface area contributed by atoms with Crippen molar-refractivity contribution in [1.29, 1.82) is 0 Å². The number of hydrogen-bond donors (Lipinski definition) is 1. The van der Waals surface area contributed by atoms with Gasteiger partial charge in [-0.15, -0.1) is 0 Å². The predicted octanol–water partition coefficient (Wildman–Crippen LogP) is 2.13. The minimum absolute atomic E-state index is 0.0122. The van der Waals surface area contributed by atoms with Crippen LogP contribution in [0.25, 0.3) is 0 Å². The highest BCUT2D eigenvalue weighted by atomic mass is 16.2. The number of hydrogen-bond acceptors (Lipinski definition) is 4. The summed E-state index contributed by atoms with van der Waals surface area (Å²) >= 11 is 0. The van der Waals surface area contributed by atoms with E-state index >= 15 is 0 Å². The smallest absolute Gasteiger partial charge is 0.225 e. The molecule has 2 amide bonds. The lowest BCUT2D eigenvalue weighted by molar-refractivity contribution is -0.136. The van der Waals surface area contributed by atoms with Gasteiger partial charge in [-0.05, 0) is 30.0 Å². The van der Waals surface area contributed by atoms with Gasteiger partial charge in [0.15, 0.2) is 0 Å². The van der Waals surface area contributed by atoms with Gasteiger partial charge in [-0.1, -0.05) is 30.3 Å². The van der Waals surface area contributed by atoms with E-state index in [2.05, 4.69) is 39.5 Å². The zero-order valence-corrected chi connectivity index (χ0v) is 16.2. The van der Waals surface area contributed by atoms with Crippen molar-refractivity contribution in [2.45, 2.75) is 32.4 Å². The number of likely N-dealkylation sites (tertiary alicyclic amines) is 1. The number of aromatic nitrogens is 1. The van der Waals surface area contributed by atoms with Crippen LogP contribution >= 0.6 is 0 Å². The monoisotopic (exact) mass is 378 g/mol. The van der Waals surface area contributed by atoms with Crippen molar-refractivity contribution < 1.29 is 9.59 Å². The molecule has 0 saturated carbocycles. The van der Waals surface area contributed by atoms with Crippen LogP contribution in [0.5, 0.6) is 0 Å². The van der Waals surface area contributed by atoms with Crippen LogP contribution in [0.4, 0.5) is 5.82 Å². The van der Waals surface area contributed by atoms with E-state index < -0.39 is 0 Å². The first kappa shape index (κ1) is 18.5. The molecule has 1 N–H and O–H groups in total. The van der Waals surface area contributed by atoms with Crippen LogP contribution in [-0.2, 0) is 29.1 Å². The van der Waals surface area contributed by atoms with Gasteiger partial charge in [0.05, 0.1) is 5.92 Å². The van der Waals surface area contributed by atoms with Gasteiger partial charge in [-0.25, -0.2) is 4.98 Å². The van der Waals surface area contributed by atoms with Crippen molar-refractivity contribution in [3.63, 3.8) is 0 Å². The van der Waals surface area contributed by atoms with Crippen molar-refractivity contribution in [2.75, 3.05) is 25.0 Å². The Labute approximate surface area is 165 Å². The van der Waals surface area contributed by atoms with Crippen molar-refractivity contribution in [1.82, 2.24) is 15.2 Å².